The largest absolute Gasteiger partial charge is 0.495 e. The lowest BCUT2D eigenvalue weighted by Crippen LogP contribution is -2.54. The third kappa shape index (κ3) is 4.85. The summed E-state index contributed by atoms with van der Waals surface area (Å²) in [7, 11) is 2.13. The van der Waals surface area contributed by atoms with E-state index in [9.17, 15) is 4.79 Å². The topological polar surface area (TPSA) is 105 Å². The molecule has 1 aromatic carbocycles. The Morgan fingerprint density at radius 2 is 2.11 bits per heavy atom. The van der Waals surface area contributed by atoms with Gasteiger partial charge in [-0.2, -0.15) is 0 Å². The van der Waals surface area contributed by atoms with Gasteiger partial charge in [0.05, 0.1) is 24.5 Å². The van der Waals surface area contributed by atoms with Crippen molar-refractivity contribution >= 4 is 11.6 Å². The predicted octanol–water partition coefficient (Wildman–Crippen LogP) is 0.0111. The molecule has 4 fully saturated rings. The molecule has 10 heteroatoms. The van der Waals surface area contributed by atoms with Crippen LogP contribution in [0.1, 0.15) is 29.6 Å². The smallest absolute Gasteiger partial charge is 0.251 e. The minimum Gasteiger partial charge on any atom is -0.495 e. The van der Waals surface area contributed by atoms with Crippen LogP contribution in [0.2, 0.25) is 0 Å². The average molecular weight is 483 g/mol. The molecular weight excluding hydrogens is 444 g/mol. The van der Waals surface area contributed by atoms with Crippen LogP contribution >= 0.6 is 0 Å². The van der Waals surface area contributed by atoms with Gasteiger partial charge in [0.1, 0.15) is 12.4 Å². The first kappa shape index (κ1) is 23.1. The van der Waals surface area contributed by atoms with Crippen molar-refractivity contribution in [2.75, 3.05) is 51.7 Å². The minimum atomic E-state index is 0.00302. The second-order valence-electron chi connectivity index (χ2n) is 10.4. The lowest BCUT2D eigenvalue weighted by Gasteiger charge is -2.31. The SMILES string of the molecule is CN1CCNC1[C@@H](NC(=O)c1cccc(NCC2NNC3C4CCNC=C4OCCN23)c1)C1CC1. The number of benzene rings is 1. The molecule has 1 saturated carbocycles. The Kier molecular flexibility index (Phi) is 6.55. The highest BCUT2D eigenvalue weighted by Gasteiger charge is 2.42. The maximum Gasteiger partial charge on any atom is 0.251 e. The second kappa shape index (κ2) is 9.94. The lowest BCUT2D eigenvalue weighted by atomic mass is 9.97. The molecule has 10 nitrogen and oxygen atoms in total. The summed E-state index contributed by atoms with van der Waals surface area (Å²) in [6.07, 6.45) is 6.03. The number of likely N-dealkylation sites (N-methyl/N-ethyl adjacent to an activating group) is 1. The van der Waals surface area contributed by atoms with E-state index in [2.05, 4.69) is 49.0 Å². The summed E-state index contributed by atoms with van der Waals surface area (Å²) in [6.45, 7) is 5.23. The maximum atomic E-state index is 13.2. The monoisotopic (exact) mass is 482 g/mol. The van der Waals surface area contributed by atoms with Gasteiger partial charge in [-0.1, -0.05) is 6.07 Å². The number of anilines is 1. The summed E-state index contributed by atoms with van der Waals surface area (Å²) >= 11 is 0. The summed E-state index contributed by atoms with van der Waals surface area (Å²) in [6, 6.07) is 8.00. The van der Waals surface area contributed by atoms with E-state index < -0.39 is 0 Å². The zero-order valence-electron chi connectivity index (χ0n) is 20.4. The summed E-state index contributed by atoms with van der Waals surface area (Å²) in [5.41, 5.74) is 8.62. The van der Waals surface area contributed by atoms with E-state index in [4.69, 9.17) is 4.74 Å². The number of rotatable bonds is 7. The van der Waals surface area contributed by atoms with Crippen LogP contribution in [0.3, 0.4) is 0 Å². The van der Waals surface area contributed by atoms with E-state index in [0.717, 1.165) is 50.6 Å². The molecule has 1 aromatic rings. The lowest BCUT2D eigenvalue weighted by molar-refractivity contribution is 0.0897. The number of amides is 1. The zero-order chi connectivity index (χ0) is 23.8. The molecule has 0 radical (unpaired) electrons. The molecule has 1 amide bonds. The first-order valence-electron chi connectivity index (χ1n) is 13.1. The number of carbonyl (C=O) groups is 1. The van der Waals surface area contributed by atoms with Crippen LogP contribution in [0.5, 0.6) is 0 Å². The van der Waals surface area contributed by atoms with Gasteiger partial charge in [0, 0.05) is 56.1 Å². The van der Waals surface area contributed by atoms with Crippen LogP contribution in [-0.4, -0.2) is 86.6 Å². The second-order valence-corrected chi connectivity index (χ2v) is 10.4. The van der Waals surface area contributed by atoms with Gasteiger partial charge in [-0.3, -0.25) is 19.9 Å². The maximum absolute atomic E-state index is 13.2. The third-order valence-electron chi connectivity index (χ3n) is 8.05. The number of hydrogen-bond acceptors (Lipinski definition) is 9. The molecule has 4 aliphatic heterocycles. The van der Waals surface area contributed by atoms with Crippen LogP contribution in [0.4, 0.5) is 5.69 Å². The molecule has 4 unspecified atom stereocenters. The first-order valence-corrected chi connectivity index (χ1v) is 13.1. The van der Waals surface area contributed by atoms with Crippen LogP contribution in [-0.2, 0) is 4.74 Å². The summed E-state index contributed by atoms with van der Waals surface area (Å²) in [5, 5.41) is 13.7. The number of nitrogens with one attached hydrogen (secondary N) is 6. The fraction of sp³-hybridized carbons (Fsp3) is 0.640. The van der Waals surface area contributed by atoms with E-state index in [0.29, 0.717) is 24.0 Å². The molecular formula is C25H38N8O2. The van der Waals surface area contributed by atoms with Crippen molar-refractivity contribution in [3.8, 4) is 0 Å². The Hall–Kier alpha value is -2.37. The molecule has 0 aromatic heterocycles. The fourth-order valence-electron chi connectivity index (χ4n) is 5.94. The van der Waals surface area contributed by atoms with Crippen molar-refractivity contribution in [2.45, 2.75) is 43.8 Å². The summed E-state index contributed by atoms with van der Waals surface area (Å²) in [5.74, 6) is 1.97. The van der Waals surface area contributed by atoms with Gasteiger partial charge >= 0.3 is 0 Å². The van der Waals surface area contributed by atoms with Crippen molar-refractivity contribution < 1.29 is 9.53 Å². The molecule has 190 valence electrons. The van der Waals surface area contributed by atoms with Gasteiger partial charge in [0.15, 0.2) is 0 Å². The Morgan fingerprint density at radius 3 is 2.94 bits per heavy atom. The van der Waals surface area contributed by atoms with Crippen molar-refractivity contribution in [1.29, 1.82) is 0 Å². The zero-order valence-corrected chi connectivity index (χ0v) is 20.4. The Bertz CT molecular complexity index is 953. The molecule has 6 rings (SSSR count). The van der Waals surface area contributed by atoms with Gasteiger partial charge in [-0.25, -0.2) is 10.9 Å². The van der Waals surface area contributed by atoms with Crippen LogP contribution in [0, 0.1) is 11.8 Å². The third-order valence-corrected chi connectivity index (χ3v) is 8.05. The van der Waals surface area contributed by atoms with Gasteiger partial charge in [-0.05, 0) is 50.4 Å². The number of fused-ring (bicyclic) bond motifs is 3. The molecule has 5 atom stereocenters. The molecule has 35 heavy (non-hydrogen) atoms. The number of hydrazine groups is 1. The van der Waals surface area contributed by atoms with Crippen LogP contribution in [0.15, 0.2) is 36.2 Å². The number of carbonyl (C=O) groups excluding carboxylic acids is 1. The van der Waals surface area contributed by atoms with Crippen molar-refractivity contribution in [3.63, 3.8) is 0 Å². The number of nitrogens with zero attached hydrogens (tertiary/aromatic N) is 2. The molecule has 5 aliphatic rings. The molecule has 1 aliphatic carbocycles. The van der Waals surface area contributed by atoms with Crippen LogP contribution in [0.25, 0.3) is 0 Å². The molecule has 0 bridgehead atoms. The molecule has 4 heterocycles. The van der Waals surface area contributed by atoms with Gasteiger partial charge in [-0.15, -0.1) is 0 Å². The Balaban J connectivity index is 1.08. The van der Waals surface area contributed by atoms with Gasteiger partial charge in [0.25, 0.3) is 5.91 Å². The van der Waals surface area contributed by atoms with E-state index >= 15 is 0 Å². The van der Waals surface area contributed by atoms with E-state index in [1.54, 1.807) is 0 Å². The fourth-order valence-corrected chi connectivity index (χ4v) is 5.94. The van der Waals surface area contributed by atoms with E-state index in [1.165, 1.54) is 12.8 Å². The van der Waals surface area contributed by atoms with Crippen LogP contribution < -0.4 is 32.1 Å². The molecule has 0 spiro atoms. The van der Waals surface area contributed by atoms with Crippen molar-refractivity contribution in [2.24, 2.45) is 11.8 Å². The van der Waals surface area contributed by atoms with E-state index in [-0.39, 0.29) is 30.4 Å². The summed E-state index contributed by atoms with van der Waals surface area (Å²) in [4.78, 5) is 17.9. The average Bonchev–Trinajstić information content (AvgIpc) is 3.56. The number of ether oxygens (including phenoxy) is 1. The van der Waals surface area contributed by atoms with Crippen molar-refractivity contribution in [1.82, 2.24) is 36.6 Å². The first-order chi connectivity index (χ1) is 17.2. The highest BCUT2D eigenvalue weighted by atomic mass is 16.5. The van der Waals surface area contributed by atoms with Crippen molar-refractivity contribution in [3.05, 3.63) is 41.8 Å². The highest BCUT2D eigenvalue weighted by molar-refractivity contribution is 5.95. The summed E-state index contributed by atoms with van der Waals surface area (Å²) < 4.78 is 6.01. The molecule has 3 saturated heterocycles. The quantitative estimate of drug-likeness (QED) is 0.321. The normalized spacial score (nSPS) is 31.9. The molecule has 6 N–H and O–H groups in total. The van der Waals surface area contributed by atoms with E-state index in [1.807, 2.05) is 30.5 Å². The Labute approximate surface area is 207 Å². The minimum absolute atomic E-state index is 0.00302. The predicted molar refractivity (Wildman–Crippen MR) is 134 cm³/mol. The standard InChI is InChI=1S/C25H38N8O2/c1-32-10-9-27-24(32)22(16-5-6-16)29-25(34)17-3-2-4-18(13-17)28-15-21-30-31-23-19-7-8-26-14-20(19)35-12-11-33(21)23/h2-4,13-14,16,19,21-24,26-28,30-31H,5-12,15H2,1H3,(H,29,34)/t19?,21?,22-,23?,24?/m0/s1. The highest BCUT2D eigenvalue weighted by Crippen LogP contribution is 2.35. The van der Waals surface area contributed by atoms with Gasteiger partial charge in [0.2, 0.25) is 0 Å². The Morgan fingerprint density at radius 1 is 1.20 bits per heavy atom. The number of hydrogen-bond donors (Lipinski definition) is 6. The van der Waals surface area contributed by atoms with Gasteiger partial charge < -0.3 is 20.7 Å².